The third-order valence-corrected chi connectivity index (χ3v) is 3.41. The van der Waals surface area contributed by atoms with Gasteiger partial charge in [-0.15, -0.1) is 0 Å². The highest BCUT2D eigenvalue weighted by atomic mass is 16.2. The first-order valence-corrected chi connectivity index (χ1v) is 6.75. The zero-order valence-corrected chi connectivity index (χ0v) is 12.0. The van der Waals surface area contributed by atoms with Crippen molar-refractivity contribution >= 4 is 5.91 Å². The number of aromatic nitrogens is 1. The summed E-state index contributed by atoms with van der Waals surface area (Å²) in [4.78, 5) is 20.8. The van der Waals surface area contributed by atoms with E-state index in [1.54, 1.807) is 18.5 Å². The van der Waals surface area contributed by atoms with Gasteiger partial charge < -0.3 is 15.5 Å². The summed E-state index contributed by atoms with van der Waals surface area (Å²) in [5.74, 6) is 5.70. The molecule has 106 valence electrons. The third kappa shape index (κ3) is 3.35. The number of nitrogens with zero attached hydrogens (tertiary/aromatic N) is 3. The molecule has 1 atom stereocenters. The van der Waals surface area contributed by atoms with E-state index in [1.807, 2.05) is 4.90 Å². The Balaban J connectivity index is 2.16. The maximum absolute atomic E-state index is 12.5. The molecule has 1 aliphatic rings. The van der Waals surface area contributed by atoms with Crippen molar-refractivity contribution in [3.8, 4) is 11.8 Å². The van der Waals surface area contributed by atoms with E-state index < -0.39 is 0 Å². The maximum Gasteiger partial charge on any atom is 0.255 e. The molecule has 2 rings (SSSR count). The second kappa shape index (κ2) is 6.51. The molecule has 1 aromatic rings. The highest BCUT2D eigenvalue weighted by Crippen LogP contribution is 2.13. The van der Waals surface area contributed by atoms with Crippen LogP contribution in [-0.2, 0) is 0 Å². The van der Waals surface area contributed by atoms with Gasteiger partial charge in [0.15, 0.2) is 0 Å². The minimum absolute atomic E-state index is 0.0227. The molecule has 2 heterocycles. The van der Waals surface area contributed by atoms with Gasteiger partial charge >= 0.3 is 0 Å². The van der Waals surface area contributed by atoms with Crippen LogP contribution in [0.25, 0.3) is 0 Å². The average Bonchev–Trinajstić information content (AvgIpc) is 2.45. The van der Waals surface area contributed by atoms with Crippen LogP contribution in [0.2, 0.25) is 0 Å². The van der Waals surface area contributed by atoms with Gasteiger partial charge in [-0.05, 0) is 20.0 Å². The monoisotopic (exact) mass is 272 g/mol. The Bertz CT molecular complexity index is 546. The Labute approximate surface area is 119 Å². The number of pyridine rings is 1. The zero-order valence-electron chi connectivity index (χ0n) is 12.0. The van der Waals surface area contributed by atoms with Crippen LogP contribution in [0.4, 0.5) is 0 Å². The molecule has 1 aliphatic heterocycles. The first-order valence-electron chi connectivity index (χ1n) is 6.75. The lowest BCUT2D eigenvalue weighted by Crippen LogP contribution is -2.52. The summed E-state index contributed by atoms with van der Waals surface area (Å²) in [5.41, 5.74) is 6.66. The average molecular weight is 272 g/mol. The number of rotatable bonds is 1. The smallest absolute Gasteiger partial charge is 0.255 e. The lowest BCUT2D eigenvalue weighted by molar-refractivity contribution is 0.0533. The summed E-state index contributed by atoms with van der Waals surface area (Å²) in [7, 11) is 2.07. The van der Waals surface area contributed by atoms with Crippen molar-refractivity contribution in [1.82, 2.24) is 14.8 Å². The summed E-state index contributed by atoms with van der Waals surface area (Å²) in [6.45, 7) is 4.91. The van der Waals surface area contributed by atoms with E-state index in [4.69, 9.17) is 5.73 Å². The van der Waals surface area contributed by atoms with E-state index in [-0.39, 0.29) is 11.9 Å². The molecule has 0 radical (unpaired) electrons. The molecule has 0 saturated carbocycles. The Morgan fingerprint density at radius 2 is 2.30 bits per heavy atom. The fraction of sp³-hybridized carbons (Fsp3) is 0.467. The quantitative estimate of drug-likeness (QED) is 0.740. The number of nitrogens with two attached hydrogens (primary N) is 1. The Hall–Kier alpha value is -1.90. The van der Waals surface area contributed by atoms with Crippen molar-refractivity contribution in [2.24, 2.45) is 5.73 Å². The van der Waals surface area contributed by atoms with Gasteiger partial charge in [0.2, 0.25) is 0 Å². The van der Waals surface area contributed by atoms with E-state index in [0.717, 1.165) is 25.2 Å². The largest absolute Gasteiger partial charge is 0.333 e. The van der Waals surface area contributed by atoms with Gasteiger partial charge in [0.1, 0.15) is 0 Å². The maximum atomic E-state index is 12.5. The molecular formula is C15H20N4O. The van der Waals surface area contributed by atoms with Crippen molar-refractivity contribution in [3.63, 3.8) is 0 Å². The third-order valence-electron chi connectivity index (χ3n) is 3.41. The zero-order chi connectivity index (χ0) is 14.5. The van der Waals surface area contributed by atoms with E-state index >= 15 is 0 Å². The van der Waals surface area contributed by atoms with Gasteiger partial charge in [0.05, 0.1) is 12.1 Å². The summed E-state index contributed by atoms with van der Waals surface area (Å²) >= 11 is 0. The van der Waals surface area contributed by atoms with Crippen LogP contribution in [0, 0.1) is 11.8 Å². The number of carbonyl (C=O) groups is 1. The van der Waals surface area contributed by atoms with Gasteiger partial charge in [0.25, 0.3) is 5.91 Å². The number of likely N-dealkylation sites (N-methyl/N-ethyl adjacent to an activating group) is 1. The Morgan fingerprint density at radius 1 is 1.50 bits per heavy atom. The Morgan fingerprint density at radius 3 is 3.00 bits per heavy atom. The molecule has 0 bridgehead atoms. The number of carbonyl (C=O) groups excluding carboxylic acids is 1. The fourth-order valence-corrected chi connectivity index (χ4v) is 2.39. The standard InChI is InChI=1S/C15H20N4O/c1-12-11-18(2)6-7-19(12)15(20)14-8-13(4-3-5-16)9-17-10-14/h8-10,12H,5-7,11,16H2,1-2H3. The van der Waals surface area contributed by atoms with Gasteiger partial charge in [-0.2, -0.15) is 0 Å². The highest BCUT2D eigenvalue weighted by molar-refractivity contribution is 5.94. The molecule has 20 heavy (non-hydrogen) atoms. The van der Waals surface area contributed by atoms with Crippen molar-refractivity contribution in [2.75, 3.05) is 33.2 Å². The van der Waals surface area contributed by atoms with Crippen molar-refractivity contribution in [1.29, 1.82) is 0 Å². The van der Waals surface area contributed by atoms with Crippen LogP contribution in [0.15, 0.2) is 18.5 Å². The van der Waals surface area contributed by atoms with E-state index in [0.29, 0.717) is 12.1 Å². The van der Waals surface area contributed by atoms with E-state index in [2.05, 4.69) is 35.7 Å². The van der Waals surface area contributed by atoms with Gasteiger partial charge in [0, 0.05) is 43.6 Å². The van der Waals surface area contributed by atoms with Gasteiger partial charge in [-0.1, -0.05) is 11.8 Å². The SMILES string of the molecule is CC1CN(C)CCN1C(=O)c1cncc(C#CCN)c1. The van der Waals surface area contributed by atoms with Crippen LogP contribution in [0.3, 0.4) is 0 Å². The van der Waals surface area contributed by atoms with Crippen LogP contribution in [0.5, 0.6) is 0 Å². The van der Waals surface area contributed by atoms with Crippen molar-refractivity contribution < 1.29 is 4.79 Å². The fourth-order valence-electron chi connectivity index (χ4n) is 2.39. The minimum atomic E-state index is 0.0227. The molecule has 1 aromatic heterocycles. The molecule has 5 heteroatoms. The lowest BCUT2D eigenvalue weighted by Gasteiger charge is -2.38. The molecule has 1 unspecified atom stereocenters. The Kier molecular flexibility index (Phi) is 4.72. The van der Waals surface area contributed by atoms with Crippen molar-refractivity contribution in [2.45, 2.75) is 13.0 Å². The molecule has 0 spiro atoms. The molecule has 0 aliphatic carbocycles. The van der Waals surface area contributed by atoms with Crippen molar-refractivity contribution in [3.05, 3.63) is 29.6 Å². The topological polar surface area (TPSA) is 62.5 Å². The minimum Gasteiger partial charge on any atom is -0.333 e. The normalized spacial score (nSPS) is 19.4. The molecule has 5 nitrogen and oxygen atoms in total. The molecule has 1 amide bonds. The first kappa shape index (κ1) is 14.5. The van der Waals surface area contributed by atoms with Crippen LogP contribution >= 0.6 is 0 Å². The molecular weight excluding hydrogens is 252 g/mol. The first-order chi connectivity index (χ1) is 9.61. The van der Waals surface area contributed by atoms with Crippen LogP contribution in [0.1, 0.15) is 22.8 Å². The number of piperazine rings is 1. The number of hydrogen-bond donors (Lipinski definition) is 1. The predicted octanol–water partition coefficient (Wildman–Crippen LogP) is 0.168. The molecule has 1 fully saturated rings. The molecule has 1 saturated heterocycles. The summed E-state index contributed by atoms with van der Waals surface area (Å²) in [5, 5.41) is 0. The highest BCUT2D eigenvalue weighted by Gasteiger charge is 2.26. The summed E-state index contributed by atoms with van der Waals surface area (Å²) in [6.07, 6.45) is 3.24. The van der Waals surface area contributed by atoms with Gasteiger partial charge in [-0.3, -0.25) is 9.78 Å². The van der Waals surface area contributed by atoms with E-state index in [1.165, 1.54) is 0 Å². The van der Waals surface area contributed by atoms with Crippen LogP contribution in [-0.4, -0.2) is 60.0 Å². The predicted molar refractivity (Wildman–Crippen MR) is 78.2 cm³/mol. The van der Waals surface area contributed by atoms with Gasteiger partial charge in [-0.25, -0.2) is 0 Å². The second-order valence-electron chi connectivity index (χ2n) is 5.08. The number of amides is 1. The summed E-state index contributed by atoms with van der Waals surface area (Å²) < 4.78 is 0. The van der Waals surface area contributed by atoms with Crippen LogP contribution < -0.4 is 5.73 Å². The molecule has 2 N–H and O–H groups in total. The summed E-state index contributed by atoms with van der Waals surface area (Å²) in [6, 6.07) is 1.99. The molecule has 0 aromatic carbocycles. The lowest BCUT2D eigenvalue weighted by atomic mass is 10.1. The number of hydrogen-bond acceptors (Lipinski definition) is 4. The second-order valence-corrected chi connectivity index (χ2v) is 5.08. The van der Waals surface area contributed by atoms with E-state index in [9.17, 15) is 4.79 Å².